The second kappa shape index (κ2) is 4.71. The lowest BCUT2D eigenvalue weighted by molar-refractivity contribution is 0.173. The average Bonchev–Trinajstić information content (AvgIpc) is 2.68. The van der Waals surface area contributed by atoms with Gasteiger partial charge >= 0.3 is 0 Å². The van der Waals surface area contributed by atoms with Crippen molar-refractivity contribution in [2.75, 3.05) is 0 Å². The number of halogens is 2. The Labute approximate surface area is 99.6 Å². The van der Waals surface area contributed by atoms with Gasteiger partial charge in [-0.05, 0) is 23.8 Å². The summed E-state index contributed by atoms with van der Waals surface area (Å²) >= 11 is 3.20. The second-order valence-corrected chi connectivity index (χ2v) is 4.31. The number of nitrogens with one attached hydrogen (secondary N) is 1. The van der Waals surface area contributed by atoms with Gasteiger partial charge in [0.25, 0.3) is 0 Å². The molecular weight excluding hydrogens is 277 g/mol. The van der Waals surface area contributed by atoms with Crippen LogP contribution in [0.1, 0.15) is 17.4 Å². The first-order valence-corrected chi connectivity index (χ1v) is 5.43. The minimum atomic E-state index is -0.785. The number of aromatic amines is 1. The number of aliphatic hydroxyl groups excluding tert-OH is 1. The van der Waals surface area contributed by atoms with Gasteiger partial charge in [-0.3, -0.25) is 0 Å². The zero-order chi connectivity index (χ0) is 11.5. The summed E-state index contributed by atoms with van der Waals surface area (Å²) in [6, 6.07) is 4.51. The summed E-state index contributed by atoms with van der Waals surface area (Å²) in [5, 5.41) is 19.6. The zero-order valence-corrected chi connectivity index (χ0v) is 9.78. The van der Waals surface area contributed by atoms with Crippen LogP contribution >= 0.6 is 15.9 Å². The van der Waals surface area contributed by atoms with Gasteiger partial charge in [0.2, 0.25) is 0 Å². The van der Waals surface area contributed by atoms with Crippen molar-refractivity contribution in [3.05, 3.63) is 45.9 Å². The van der Waals surface area contributed by atoms with Gasteiger partial charge in [-0.1, -0.05) is 15.9 Å². The Morgan fingerprint density at radius 2 is 2.25 bits per heavy atom. The molecule has 6 heteroatoms. The second-order valence-electron chi connectivity index (χ2n) is 3.39. The molecule has 1 heterocycles. The Morgan fingerprint density at radius 3 is 2.88 bits per heavy atom. The first kappa shape index (κ1) is 11.2. The third kappa shape index (κ3) is 2.65. The highest BCUT2D eigenvalue weighted by atomic mass is 79.9. The highest BCUT2D eigenvalue weighted by Gasteiger charge is 2.12. The molecule has 2 rings (SSSR count). The van der Waals surface area contributed by atoms with Crippen LogP contribution in [-0.4, -0.2) is 20.5 Å². The summed E-state index contributed by atoms with van der Waals surface area (Å²) in [7, 11) is 0. The van der Waals surface area contributed by atoms with Crippen LogP contribution in [0.15, 0.2) is 28.9 Å². The Kier molecular flexibility index (Phi) is 3.31. The predicted octanol–water partition coefficient (Wildman–Crippen LogP) is 1.98. The third-order valence-corrected chi connectivity index (χ3v) is 2.58. The van der Waals surface area contributed by atoms with Crippen molar-refractivity contribution >= 4 is 15.9 Å². The Bertz CT molecular complexity index is 455. The molecule has 1 aromatic heterocycles. The third-order valence-electron chi connectivity index (χ3n) is 2.13. The van der Waals surface area contributed by atoms with Crippen LogP contribution in [0.25, 0.3) is 0 Å². The topological polar surface area (TPSA) is 61.8 Å². The zero-order valence-electron chi connectivity index (χ0n) is 8.19. The van der Waals surface area contributed by atoms with E-state index >= 15 is 0 Å². The molecule has 0 aliphatic carbocycles. The first-order valence-electron chi connectivity index (χ1n) is 4.64. The quantitative estimate of drug-likeness (QED) is 0.907. The van der Waals surface area contributed by atoms with E-state index in [0.717, 1.165) is 0 Å². The van der Waals surface area contributed by atoms with Gasteiger partial charge in [-0.25, -0.2) is 4.39 Å². The number of hydrogen-bond donors (Lipinski definition) is 2. The summed E-state index contributed by atoms with van der Waals surface area (Å²) in [5.41, 5.74) is 1.14. The number of aliphatic hydroxyl groups is 1. The molecule has 84 valence electrons. The Balaban J connectivity index is 2.15. The minimum absolute atomic E-state index is 0.295. The van der Waals surface area contributed by atoms with Gasteiger partial charge in [-0.15, -0.1) is 0 Å². The van der Waals surface area contributed by atoms with Crippen LogP contribution in [0.4, 0.5) is 4.39 Å². The molecule has 0 saturated heterocycles. The number of benzene rings is 1. The van der Waals surface area contributed by atoms with Crippen molar-refractivity contribution in [2.24, 2.45) is 0 Å². The van der Waals surface area contributed by atoms with Crippen molar-refractivity contribution in [3.8, 4) is 0 Å². The van der Waals surface area contributed by atoms with E-state index in [4.69, 9.17) is 0 Å². The summed E-state index contributed by atoms with van der Waals surface area (Å²) in [5.74, 6) is -0.336. The van der Waals surface area contributed by atoms with Crippen molar-refractivity contribution < 1.29 is 9.50 Å². The van der Waals surface area contributed by atoms with Crippen molar-refractivity contribution in [2.45, 2.75) is 12.5 Å². The molecule has 16 heavy (non-hydrogen) atoms. The Hall–Kier alpha value is -1.27. The number of rotatable bonds is 3. The number of hydrogen-bond acceptors (Lipinski definition) is 3. The van der Waals surface area contributed by atoms with Gasteiger partial charge < -0.3 is 5.11 Å². The van der Waals surface area contributed by atoms with Crippen LogP contribution in [0.3, 0.4) is 0 Å². The number of nitrogens with zero attached hydrogens (tertiary/aromatic N) is 2. The molecule has 0 spiro atoms. The molecule has 0 radical (unpaired) electrons. The van der Waals surface area contributed by atoms with E-state index in [1.807, 2.05) is 0 Å². The molecule has 2 aromatic rings. The molecule has 0 aliphatic heterocycles. The van der Waals surface area contributed by atoms with E-state index in [1.165, 1.54) is 18.3 Å². The smallest absolute Gasteiger partial charge is 0.124 e. The number of aromatic nitrogens is 3. The summed E-state index contributed by atoms with van der Waals surface area (Å²) < 4.78 is 13.7. The van der Waals surface area contributed by atoms with Gasteiger partial charge in [-0.2, -0.15) is 15.4 Å². The largest absolute Gasteiger partial charge is 0.386 e. The molecule has 0 amide bonds. The highest BCUT2D eigenvalue weighted by Crippen LogP contribution is 2.20. The fourth-order valence-electron chi connectivity index (χ4n) is 1.43. The van der Waals surface area contributed by atoms with Gasteiger partial charge in [0.15, 0.2) is 0 Å². The molecule has 0 fully saturated rings. The van der Waals surface area contributed by atoms with Crippen LogP contribution in [0.2, 0.25) is 0 Å². The normalized spacial score (nSPS) is 12.7. The van der Waals surface area contributed by atoms with Gasteiger partial charge in [0.1, 0.15) is 17.6 Å². The number of H-pyrrole nitrogens is 1. The fourth-order valence-corrected chi connectivity index (χ4v) is 1.94. The molecular formula is C10H9BrFN3O. The Morgan fingerprint density at radius 1 is 1.44 bits per heavy atom. The van der Waals surface area contributed by atoms with Crippen molar-refractivity contribution in [3.63, 3.8) is 0 Å². The molecule has 1 atom stereocenters. The van der Waals surface area contributed by atoms with Crippen LogP contribution in [0, 0.1) is 5.82 Å². The maximum atomic E-state index is 13.1. The molecule has 0 aliphatic rings. The standard InChI is InChI=1S/C10H9BrFN3O/c11-7-1-6(2-8(12)4-7)3-10(16)9-5-13-15-14-9/h1-2,4-5,10,16H,3H2,(H,13,14,15). The first-order chi connectivity index (χ1) is 7.65. The molecule has 1 aromatic carbocycles. The lowest BCUT2D eigenvalue weighted by Crippen LogP contribution is -2.02. The van der Waals surface area contributed by atoms with E-state index in [0.29, 0.717) is 22.2 Å². The van der Waals surface area contributed by atoms with Crippen LogP contribution < -0.4 is 0 Å². The molecule has 1 unspecified atom stereocenters. The maximum absolute atomic E-state index is 13.1. The predicted molar refractivity (Wildman–Crippen MR) is 59.1 cm³/mol. The maximum Gasteiger partial charge on any atom is 0.124 e. The molecule has 2 N–H and O–H groups in total. The van der Waals surface area contributed by atoms with E-state index in [1.54, 1.807) is 6.07 Å². The summed E-state index contributed by atoms with van der Waals surface area (Å²) in [4.78, 5) is 0. The molecule has 0 saturated carbocycles. The van der Waals surface area contributed by atoms with Crippen molar-refractivity contribution in [1.29, 1.82) is 0 Å². The SMILES string of the molecule is OC(Cc1cc(F)cc(Br)c1)c1cn[nH]n1. The van der Waals surface area contributed by atoms with Crippen LogP contribution in [0.5, 0.6) is 0 Å². The van der Waals surface area contributed by atoms with E-state index in [9.17, 15) is 9.50 Å². The van der Waals surface area contributed by atoms with Gasteiger partial charge in [0, 0.05) is 10.9 Å². The average molecular weight is 286 g/mol. The molecule has 4 nitrogen and oxygen atoms in total. The van der Waals surface area contributed by atoms with Gasteiger partial charge in [0.05, 0.1) is 6.20 Å². The fraction of sp³-hybridized carbons (Fsp3) is 0.200. The van der Waals surface area contributed by atoms with E-state index < -0.39 is 6.10 Å². The summed E-state index contributed by atoms with van der Waals surface area (Å²) in [6.07, 6.45) is 0.953. The van der Waals surface area contributed by atoms with E-state index in [-0.39, 0.29) is 5.82 Å². The molecule has 0 bridgehead atoms. The minimum Gasteiger partial charge on any atom is -0.386 e. The van der Waals surface area contributed by atoms with Crippen LogP contribution in [-0.2, 0) is 6.42 Å². The van der Waals surface area contributed by atoms with Crippen molar-refractivity contribution in [1.82, 2.24) is 15.4 Å². The lowest BCUT2D eigenvalue weighted by atomic mass is 10.1. The monoisotopic (exact) mass is 285 g/mol. The van der Waals surface area contributed by atoms with E-state index in [2.05, 4.69) is 31.3 Å². The highest BCUT2D eigenvalue weighted by molar-refractivity contribution is 9.10. The summed E-state index contributed by atoms with van der Waals surface area (Å²) in [6.45, 7) is 0. The lowest BCUT2D eigenvalue weighted by Gasteiger charge is -2.07.